The van der Waals surface area contributed by atoms with Crippen LogP contribution in [0.2, 0.25) is 10.0 Å². The molecule has 0 bridgehead atoms. The molecule has 0 spiro atoms. The van der Waals surface area contributed by atoms with Gasteiger partial charge >= 0.3 is 0 Å². The summed E-state index contributed by atoms with van der Waals surface area (Å²) in [6.07, 6.45) is 0. The topological polar surface area (TPSA) is 69.7 Å². The average molecular weight is 442 g/mol. The largest absolute Gasteiger partial charge is 0.325 e. The molecular formula is C19H21Cl2N3O3S. The van der Waals surface area contributed by atoms with Crippen molar-refractivity contribution in [1.82, 2.24) is 9.21 Å². The molecule has 1 saturated heterocycles. The van der Waals surface area contributed by atoms with Gasteiger partial charge in [0.2, 0.25) is 15.9 Å². The monoisotopic (exact) mass is 441 g/mol. The maximum atomic E-state index is 12.7. The lowest BCUT2D eigenvalue weighted by atomic mass is 10.2. The summed E-state index contributed by atoms with van der Waals surface area (Å²) in [6, 6.07) is 11.5. The zero-order chi connectivity index (χ0) is 20.3. The van der Waals surface area contributed by atoms with E-state index in [9.17, 15) is 13.2 Å². The van der Waals surface area contributed by atoms with Crippen molar-refractivity contribution < 1.29 is 13.2 Å². The summed E-state index contributed by atoms with van der Waals surface area (Å²) in [4.78, 5) is 14.5. The van der Waals surface area contributed by atoms with Crippen LogP contribution in [-0.2, 0) is 14.8 Å². The molecule has 0 aromatic heterocycles. The van der Waals surface area contributed by atoms with Gasteiger partial charge in [0.25, 0.3) is 0 Å². The molecule has 150 valence electrons. The van der Waals surface area contributed by atoms with Crippen LogP contribution in [-0.4, -0.2) is 56.3 Å². The molecule has 0 radical (unpaired) electrons. The lowest BCUT2D eigenvalue weighted by Crippen LogP contribution is -2.50. The number of benzene rings is 2. The Hall–Kier alpha value is -1.64. The number of halogens is 2. The Balaban J connectivity index is 1.56. The van der Waals surface area contributed by atoms with Gasteiger partial charge in [-0.1, -0.05) is 29.3 Å². The zero-order valence-corrected chi connectivity index (χ0v) is 17.7. The van der Waals surface area contributed by atoms with Gasteiger partial charge in [-0.25, -0.2) is 8.42 Å². The second-order valence-corrected chi connectivity index (χ2v) is 9.38. The van der Waals surface area contributed by atoms with Gasteiger partial charge in [0.1, 0.15) is 0 Å². The summed E-state index contributed by atoms with van der Waals surface area (Å²) in [5.41, 5.74) is 1.50. The van der Waals surface area contributed by atoms with Crippen molar-refractivity contribution in [1.29, 1.82) is 0 Å². The number of nitrogens with zero attached hydrogens (tertiary/aromatic N) is 2. The van der Waals surface area contributed by atoms with Gasteiger partial charge in [-0.05, 0) is 48.9 Å². The molecule has 1 aliphatic rings. The number of sulfonamides is 1. The van der Waals surface area contributed by atoms with E-state index in [1.165, 1.54) is 16.4 Å². The second-order valence-electron chi connectivity index (χ2n) is 6.59. The van der Waals surface area contributed by atoms with Crippen LogP contribution in [0.1, 0.15) is 5.56 Å². The lowest BCUT2D eigenvalue weighted by molar-refractivity contribution is -0.117. The summed E-state index contributed by atoms with van der Waals surface area (Å²) in [5.74, 6) is -0.153. The summed E-state index contributed by atoms with van der Waals surface area (Å²) in [6.45, 7) is 3.66. The van der Waals surface area contributed by atoms with Crippen LogP contribution in [0.3, 0.4) is 0 Å². The van der Waals surface area contributed by atoms with E-state index in [-0.39, 0.29) is 17.3 Å². The molecule has 1 aliphatic heterocycles. The fraction of sp³-hybridized carbons (Fsp3) is 0.316. The highest BCUT2D eigenvalue weighted by molar-refractivity contribution is 7.89. The van der Waals surface area contributed by atoms with Crippen LogP contribution >= 0.6 is 23.2 Å². The van der Waals surface area contributed by atoms with E-state index >= 15 is 0 Å². The highest BCUT2D eigenvalue weighted by Gasteiger charge is 2.29. The number of carbonyl (C=O) groups excluding carboxylic acids is 1. The molecule has 28 heavy (non-hydrogen) atoms. The summed E-state index contributed by atoms with van der Waals surface area (Å²) < 4.78 is 26.9. The van der Waals surface area contributed by atoms with E-state index in [4.69, 9.17) is 23.2 Å². The number of carbonyl (C=O) groups is 1. The first-order valence-electron chi connectivity index (χ1n) is 8.80. The molecule has 0 saturated carbocycles. The normalized spacial score (nSPS) is 16.1. The second kappa shape index (κ2) is 8.80. The molecule has 9 heteroatoms. The molecule has 1 heterocycles. The third-order valence-electron chi connectivity index (χ3n) is 4.69. The SMILES string of the molecule is Cc1c(Cl)cccc1NC(=O)CN1CCN(S(=O)(=O)c2ccc(Cl)cc2)CC1. The van der Waals surface area contributed by atoms with Gasteiger partial charge < -0.3 is 5.32 Å². The molecule has 1 amide bonds. The Labute approximate surface area is 175 Å². The standard InChI is InChI=1S/C19H21Cl2N3O3S/c1-14-17(21)3-2-4-18(14)22-19(25)13-23-9-11-24(12-10-23)28(26,27)16-7-5-15(20)6-8-16/h2-8H,9-13H2,1H3,(H,22,25). The molecule has 2 aromatic rings. The highest BCUT2D eigenvalue weighted by atomic mass is 35.5. The first-order valence-corrected chi connectivity index (χ1v) is 11.0. The molecule has 0 atom stereocenters. The Morgan fingerprint density at radius 2 is 1.68 bits per heavy atom. The van der Waals surface area contributed by atoms with Crippen molar-refractivity contribution in [3.63, 3.8) is 0 Å². The summed E-state index contributed by atoms with van der Waals surface area (Å²) in [5, 5.41) is 3.95. The molecule has 1 N–H and O–H groups in total. The van der Waals surface area contributed by atoms with E-state index in [0.717, 1.165) is 5.56 Å². The fourth-order valence-electron chi connectivity index (χ4n) is 3.02. The third kappa shape index (κ3) is 4.85. The molecule has 3 rings (SSSR count). The first kappa shape index (κ1) is 21.1. The van der Waals surface area contributed by atoms with Gasteiger partial charge in [-0.2, -0.15) is 4.31 Å². The number of hydrogen-bond donors (Lipinski definition) is 1. The minimum Gasteiger partial charge on any atom is -0.325 e. The van der Waals surface area contributed by atoms with E-state index in [2.05, 4.69) is 5.32 Å². The smallest absolute Gasteiger partial charge is 0.243 e. The zero-order valence-electron chi connectivity index (χ0n) is 15.4. The van der Waals surface area contributed by atoms with Gasteiger partial charge in [-0.3, -0.25) is 9.69 Å². The number of anilines is 1. The van der Waals surface area contributed by atoms with Crippen LogP contribution in [0.4, 0.5) is 5.69 Å². The van der Waals surface area contributed by atoms with Crippen molar-refractivity contribution in [2.45, 2.75) is 11.8 Å². The van der Waals surface area contributed by atoms with Crippen LogP contribution in [0, 0.1) is 6.92 Å². The van der Waals surface area contributed by atoms with Crippen LogP contribution < -0.4 is 5.32 Å². The number of nitrogens with one attached hydrogen (secondary N) is 1. The van der Waals surface area contributed by atoms with Crippen molar-refractivity contribution in [3.05, 3.63) is 58.1 Å². The predicted octanol–water partition coefficient (Wildman–Crippen LogP) is 3.25. The van der Waals surface area contributed by atoms with Crippen LogP contribution in [0.15, 0.2) is 47.4 Å². The quantitative estimate of drug-likeness (QED) is 0.772. The Bertz CT molecular complexity index is 957. The van der Waals surface area contributed by atoms with Crippen molar-refractivity contribution in [2.75, 3.05) is 38.0 Å². The van der Waals surface area contributed by atoms with Crippen molar-refractivity contribution in [3.8, 4) is 0 Å². The fourth-order valence-corrected chi connectivity index (χ4v) is 4.74. The number of amides is 1. The van der Waals surface area contributed by atoms with Crippen molar-refractivity contribution in [2.24, 2.45) is 0 Å². The van der Waals surface area contributed by atoms with E-state index in [1.807, 2.05) is 11.8 Å². The van der Waals surface area contributed by atoms with E-state index in [0.29, 0.717) is 41.9 Å². The van der Waals surface area contributed by atoms with Gasteiger partial charge in [-0.15, -0.1) is 0 Å². The number of piperazine rings is 1. The van der Waals surface area contributed by atoms with Gasteiger partial charge in [0, 0.05) is 41.9 Å². The third-order valence-corrected chi connectivity index (χ3v) is 7.27. The summed E-state index contributed by atoms with van der Waals surface area (Å²) in [7, 11) is -3.56. The average Bonchev–Trinajstić information content (AvgIpc) is 2.66. The molecular weight excluding hydrogens is 421 g/mol. The van der Waals surface area contributed by atoms with E-state index < -0.39 is 10.0 Å². The maximum absolute atomic E-state index is 12.7. The minimum atomic E-state index is -3.56. The van der Waals surface area contributed by atoms with E-state index in [1.54, 1.807) is 30.3 Å². The number of hydrogen-bond acceptors (Lipinski definition) is 4. The maximum Gasteiger partial charge on any atom is 0.243 e. The Morgan fingerprint density at radius 1 is 1.04 bits per heavy atom. The van der Waals surface area contributed by atoms with Gasteiger partial charge in [0.15, 0.2) is 0 Å². The predicted molar refractivity (Wildman–Crippen MR) is 111 cm³/mol. The van der Waals surface area contributed by atoms with Gasteiger partial charge in [0.05, 0.1) is 11.4 Å². The Morgan fingerprint density at radius 3 is 2.32 bits per heavy atom. The number of rotatable bonds is 5. The van der Waals surface area contributed by atoms with Crippen LogP contribution in [0.5, 0.6) is 0 Å². The Kier molecular flexibility index (Phi) is 6.62. The summed E-state index contributed by atoms with van der Waals surface area (Å²) >= 11 is 11.9. The lowest BCUT2D eigenvalue weighted by Gasteiger charge is -2.33. The van der Waals surface area contributed by atoms with Crippen LogP contribution in [0.25, 0.3) is 0 Å². The molecule has 2 aromatic carbocycles. The van der Waals surface area contributed by atoms with Crippen molar-refractivity contribution >= 4 is 44.8 Å². The minimum absolute atomic E-state index is 0.153. The molecule has 6 nitrogen and oxygen atoms in total. The highest BCUT2D eigenvalue weighted by Crippen LogP contribution is 2.23. The molecule has 0 unspecified atom stereocenters. The molecule has 1 fully saturated rings. The first-order chi connectivity index (χ1) is 13.3. The molecule has 0 aliphatic carbocycles.